The number of hydrogen-bond acceptors (Lipinski definition) is 6. The van der Waals surface area contributed by atoms with Crippen LogP contribution in [-0.2, 0) is 9.59 Å². The van der Waals surface area contributed by atoms with Gasteiger partial charge in [-0.25, -0.2) is 0 Å². The van der Waals surface area contributed by atoms with Gasteiger partial charge in [-0.3, -0.25) is 24.6 Å². The SMILES string of the molecule is Cc1cc([N+](=O)[O-])c(F)cc1NC1=CC(=O)N(CCO)C1=O. The lowest BCUT2D eigenvalue weighted by atomic mass is 10.1. The second-order valence-corrected chi connectivity index (χ2v) is 4.58. The van der Waals surface area contributed by atoms with Crippen molar-refractivity contribution in [3.05, 3.63) is 45.4 Å². The number of nitrogens with one attached hydrogen (secondary N) is 1. The van der Waals surface area contributed by atoms with Crippen molar-refractivity contribution < 1.29 is 24.0 Å². The van der Waals surface area contributed by atoms with E-state index in [4.69, 9.17) is 5.11 Å². The van der Waals surface area contributed by atoms with Crippen LogP contribution in [0.4, 0.5) is 15.8 Å². The number of aliphatic hydroxyl groups is 1. The van der Waals surface area contributed by atoms with Crippen LogP contribution in [0.2, 0.25) is 0 Å². The van der Waals surface area contributed by atoms with Crippen molar-refractivity contribution in [2.24, 2.45) is 0 Å². The lowest BCUT2D eigenvalue weighted by Crippen LogP contribution is -2.34. The van der Waals surface area contributed by atoms with Crippen molar-refractivity contribution in [2.45, 2.75) is 6.92 Å². The number of nitrogens with zero attached hydrogens (tertiary/aromatic N) is 2. The first-order valence-corrected chi connectivity index (χ1v) is 6.25. The molecule has 0 aliphatic carbocycles. The first-order valence-electron chi connectivity index (χ1n) is 6.25. The average Bonchev–Trinajstić information content (AvgIpc) is 2.70. The molecule has 2 rings (SSSR count). The molecular weight excluding hydrogens is 297 g/mol. The molecule has 0 bridgehead atoms. The Hall–Kier alpha value is -2.81. The van der Waals surface area contributed by atoms with Crippen LogP contribution in [0, 0.1) is 22.9 Å². The zero-order valence-corrected chi connectivity index (χ0v) is 11.5. The van der Waals surface area contributed by atoms with Gasteiger partial charge in [0.05, 0.1) is 18.1 Å². The summed E-state index contributed by atoms with van der Waals surface area (Å²) in [6.07, 6.45) is 1.02. The summed E-state index contributed by atoms with van der Waals surface area (Å²) >= 11 is 0. The molecule has 1 aliphatic heterocycles. The predicted octanol–water partition coefficient (Wildman–Crippen LogP) is 0.699. The minimum atomic E-state index is -1.05. The smallest absolute Gasteiger partial charge is 0.305 e. The lowest BCUT2D eigenvalue weighted by Gasteiger charge is -2.14. The van der Waals surface area contributed by atoms with Crippen LogP contribution in [0.5, 0.6) is 0 Å². The number of hydrogen-bond donors (Lipinski definition) is 2. The molecule has 1 aromatic carbocycles. The molecule has 1 aliphatic rings. The molecule has 0 atom stereocenters. The highest BCUT2D eigenvalue weighted by atomic mass is 19.1. The maximum Gasteiger partial charge on any atom is 0.305 e. The topological polar surface area (TPSA) is 113 Å². The van der Waals surface area contributed by atoms with E-state index in [1.807, 2.05) is 0 Å². The molecule has 1 aromatic rings. The van der Waals surface area contributed by atoms with Gasteiger partial charge in [0.1, 0.15) is 5.70 Å². The number of rotatable bonds is 5. The number of aliphatic hydroxyl groups excluding tert-OH is 1. The highest BCUT2D eigenvalue weighted by Crippen LogP contribution is 2.27. The molecule has 1 heterocycles. The number of carbonyl (C=O) groups is 2. The number of nitro groups is 1. The number of halogens is 1. The van der Waals surface area contributed by atoms with E-state index in [2.05, 4.69) is 5.32 Å². The third-order valence-electron chi connectivity index (χ3n) is 3.09. The van der Waals surface area contributed by atoms with Crippen LogP contribution in [0.3, 0.4) is 0 Å². The summed E-state index contributed by atoms with van der Waals surface area (Å²) in [7, 11) is 0. The maximum atomic E-state index is 13.6. The average molecular weight is 309 g/mol. The van der Waals surface area contributed by atoms with Gasteiger partial charge in [0.15, 0.2) is 0 Å². The largest absolute Gasteiger partial charge is 0.395 e. The number of amides is 2. The van der Waals surface area contributed by atoms with Gasteiger partial charge in [-0.2, -0.15) is 4.39 Å². The van der Waals surface area contributed by atoms with Crippen molar-refractivity contribution in [3.63, 3.8) is 0 Å². The number of anilines is 1. The second kappa shape index (κ2) is 5.90. The third-order valence-corrected chi connectivity index (χ3v) is 3.09. The molecule has 2 amide bonds. The van der Waals surface area contributed by atoms with E-state index in [0.717, 1.165) is 23.1 Å². The Balaban J connectivity index is 2.27. The van der Waals surface area contributed by atoms with E-state index >= 15 is 0 Å². The van der Waals surface area contributed by atoms with Crippen LogP contribution in [0.15, 0.2) is 23.9 Å². The third kappa shape index (κ3) is 2.79. The highest BCUT2D eigenvalue weighted by Gasteiger charge is 2.31. The summed E-state index contributed by atoms with van der Waals surface area (Å²) in [6, 6.07) is 1.92. The monoisotopic (exact) mass is 309 g/mol. The Morgan fingerprint density at radius 2 is 2.09 bits per heavy atom. The van der Waals surface area contributed by atoms with Gasteiger partial charge < -0.3 is 10.4 Å². The molecule has 2 N–H and O–H groups in total. The maximum absolute atomic E-state index is 13.6. The number of nitro benzene ring substituents is 1. The molecule has 8 nitrogen and oxygen atoms in total. The van der Waals surface area contributed by atoms with Gasteiger partial charge in [0.25, 0.3) is 11.8 Å². The van der Waals surface area contributed by atoms with Crippen molar-refractivity contribution in [3.8, 4) is 0 Å². The molecule has 0 saturated carbocycles. The van der Waals surface area contributed by atoms with E-state index in [9.17, 15) is 24.1 Å². The number of benzene rings is 1. The first-order chi connectivity index (χ1) is 10.3. The summed E-state index contributed by atoms with van der Waals surface area (Å²) in [6.45, 7) is 0.985. The van der Waals surface area contributed by atoms with Gasteiger partial charge in [0.2, 0.25) is 5.82 Å². The highest BCUT2D eigenvalue weighted by molar-refractivity contribution is 6.17. The fraction of sp³-hybridized carbons (Fsp3) is 0.231. The molecule has 0 saturated heterocycles. The quantitative estimate of drug-likeness (QED) is 0.470. The van der Waals surface area contributed by atoms with Crippen molar-refractivity contribution in [1.82, 2.24) is 4.90 Å². The van der Waals surface area contributed by atoms with Crippen LogP contribution >= 0.6 is 0 Å². The minimum Gasteiger partial charge on any atom is -0.395 e. The summed E-state index contributed by atoms with van der Waals surface area (Å²) in [5.74, 6) is -2.30. The molecular formula is C13H12FN3O5. The van der Waals surface area contributed by atoms with Crippen molar-refractivity contribution in [1.29, 1.82) is 0 Å². The van der Waals surface area contributed by atoms with Crippen molar-refractivity contribution >= 4 is 23.2 Å². The zero-order valence-electron chi connectivity index (χ0n) is 11.5. The summed E-state index contributed by atoms with van der Waals surface area (Å²) in [4.78, 5) is 34.2. The van der Waals surface area contributed by atoms with Gasteiger partial charge in [-0.15, -0.1) is 0 Å². The number of β-amino-alcohol motifs (C(OH)–C–C–N with tert-alkyl or cyclic N) is 1. The molecule has 0 aromatic heterocycles. The summed E-state index contributed by atoms with van der Waals surface area (Å²) < 4.78 is 13.6. The van der Waals surface area contributed by atoms with Crippen LogP contribution < -0.4 is 5.32 Å². The molecule has 22 heavy (non-hydrogen) atoms. The van der Waals surface area contributed by atoms with Gasteiger partial charge in [0, 0.05) is 23.9 Å². The Labute approximate surface area is 124 Å². The fourth-order valence-electron chi connectivity index (χ4n) is 2.00. The lowest BCUT2D eigenvalue weighted by molar-refractivity contribution is -0.387. The second-order valence-electron chi connectivity index (χ2n) is 4.58. The minimum absolute atomic E-state index is 0.0881. The first kappa shape index (κ1) is 15.6. The number of carbonyl (C=O) groups excluding carboxylic acids is 2. The molecule has 0 radical (unpaired) electrons. The van der Waals surface area contributed by atoms with Crippen LogP contribution in [0.25, 0.3) is 0 Å². The van der Waals surface area contributed by atoms with Crippen LogP contribution in [-0.4, -0.2) is 39.9 Å². The van der Waals surface area contributed by atoms with Crippen molar-refractivity contribution in [2.75, 3.05) is 18.5 Å². The van der Waals surface area contributed by atoms with Crippen LogP contribution in [0.1, 0.15) is 5.56 Å². The molecule has 0 unspecified atom stereocenters. The normalized spacial score (nSPS) is 14.3. The van der Waals surface area contributed by atoms with E-state index in [1.165, 1.54) is 6.92 Å². The molecule has 116 valence electrons. The van der Waals surface area contributed by atoms with Gasteiger partial charge in [-0.05, 0) is 12.5 Å². The molecule has 0 fully saturated rings. The Morgan fingerprint density at radius 1 is 1.41 bits per heavy atom. The zero-order chi connectivity index (χ0) is 16.4. The number of aryl methyl sites for hydroxylation is 1. The summed E-state index contributed by atoms with van der Waals surface area (Å²) in [5.41, 5.74) is -0.279. The van der Waals surface area contributed by atoms with Gasteiger partial charge in [-0.1, -0.05) is 0 Å². The Bertz CT molecular complexity index is 701. The predicted molar refractivity (Wildman–Crippen MR) is 73.3 cm³/mol. The molecule has 0 spiro atoms. The van der Waals surface area contributed by atoms with Gasteiger partial charge >= 0.3 is 5.69 Å². The number of imide groups is 1. The van der Waals surface area contributed by atoms with E-state index in [1.54, 1.807) is 0 Å². The van der Waals surface area contributed by atoms with E-state index in [-0.39, 0.29) is 24.5 Å². The van der Waals surface area contributed by atoms with E-state index < -0.39 is 28.2 Å². The summed E-state index contributed by atoms with van der Waals surface area (Å²) in [5, 5.41) is 22.0. The fourth-order valence-corrected chi connectivity index (χ4v) is 2.00. The Morgan fingerprint density at radius 3 is 2.68 bits per heavy atom. The Kier molecular flexibility index (Phi) is 4.18. The van der Waals surface area contributed by atoms with E-state index in [0.29, 0.717) is 5.56 Å². The molecule has 9 heteroatoms. The standard InChI is InChI=1S/C13H12FN3O5/c1-7-4-11(17(21)22)8(14)5-9(7)15-10-6-12(19)16(2-3-18)13(10)20/h4-6,15,18H,2-3H2,1H3.